The zero-order valence-corrected chi connectivity index (χ0v) is 15.9. The van der Waals surface area contributed by atoms with Crippen LogP contribution in [-0.2, 0) is 13.2 Å². The molecule has 27 heavy (non-hydrogen) atoms. The quantitative estimate of drug-likeness (QED) is 0.627. The van der Waals surface area contributed by atoms with E-state index in [2.05, 4.69) is 20.2 Å². The second kappa shape index (κ2) is 7.18. The van der Waals surface area contributed by atoms with Crippen LogP contribution < -0.4 is 4.90 Å². The zero-order valence-electron chi connectivity index (χ0n) is 15.1. The van der Waals surface area contributed by atoms with E-state index < -0.39 is 11.9 Å². The molecule has 0 atom stereocenters. The van der Waals surface area contributed by atoms with Gasteiger partial charge in [0.25, 0.3) is 0 Å². The summed E-state index contributed by atoms with van der Waals surface area (Å²) in [6.07, 6.45) is -4.56. The summed E-state index contributed by atoms with van der Waals surface area (Å²) in [6, 6.07) is 8.65. The van der Waals surface area contributed by atoms with E-state index >= 15 is 0 Å². The molecule has 6 nitrogen and oxygen atoms in total. The number of hydrogen-bond donors (Lipinski definition) is 0. The number of aryl methyl sites for hydroxylation is 1. The van der Waals surface area contributed by atoms with Crippen molar-refractivity contribution in [1.82, 2.24) is 24.7 Å². The van der Waals surface area contributed by atoms with Gasteiger partial charge in [0, 0.05) is 32.8 Å². The molecule has 1 aromatic carbocycles. The van der Waals surface area contributed by atoms with Crippen molar-refractivity contribution in [2.45, 2.75) is 23.4 Å². The Morgan fingerprint density at radius 1 is 1.07 bits per heavy atom. The van der Waals surface area contributed by atoms with Crippen LogP contribution in [0.3, 0.4) is 0 Å². The fourth-order valence-corrected chi connectivity index (χ4v) is 3.11. The van der Waals surface area contributed by atoms with Gasteiger partial charge in [-0.3, -0.25) is 0 Å². The molecule has 0 fully saturated rings. The topological polar surface area (TPSA) is 59.7 Å². The molecule has 0 aliphatic rings. The van der Waals surface area contributed by atoms with Crippen LogP contribution in [-0.4, -0.2) is 38.8 Å². The summed E-state index contributed by atoms with van der Waals surface area (Å²) in [5.41, 5.74) is 0.946. The minimum atomic E-state index is -4.56. The number of rotatable bonds is 4. The van der Waals surface area contributed by atoms with Crippen LogP contribution in [0.5, 0.6) is 0 Å². The van der Waals surface area contributed by atoms with Gasteiger partial charge in [0.15, 0.2) is 21.8 Å². The van der Waals surface area contributed by atoms with Crippen molar-refractivity contribution in [3.63, 3.8) is 0 Å². The van der Waals surface area contributed by atoms with Crippen molar-refractivity contribution in [1.29, 1.82) is 0 Å². The molecule has 0 amide bonds. The fraction of sp³-hybridized carbons (Fsp3) is 0.294. The van der Waals surface area contributed by atoms with Gasteiger partial charge in [-0.15, -0.1) is 10.2 Å². The molecule has 0 radical (unpaired) electrons. The van der Waals surface area contributed by atoms with Crippen LogP contribution in [0, 0.1) is 6.92 Å². The molecule has 0 spiro atoms. The molecule has 0 N–H and O–H groups in total. The van der Waals surface area contributed by atoms with Crippen LogP contribution in [0.15, 0.2) is 40.6 Å². The maximum Gasteiger partial charge on any atom is 0.433 e. The Morgan fingerprint density at radius 3 is 2.44 bits per heavy atom. The second-order valence-electron chi connectivity index (χ2n) is 6.12. The Labute approximate surface area is 158 Å². The van der Waals surface area contributed by atoms with E-state index in [9.17, 15) is 13.2 Å². The molecule has 0 saturated carbocycles. The van der Waals surface area contributed by atoms with Crippen LogP contribution in [0.1, 0.15) is 11.3 Å². The third kappa shape index (κ3) is 4.21. The zero-order chi connectivity index (χ0) is 19.8. The lowest BCUT2D eigenvalue weighted by atomic mass is 10.1. The normalized spacial score (nSPS) is 11.7. The van der Waals surface area contributed by atoms with Crippen LogP contribution in [0.25, 0.3) is 11.4 Å². The first kappa shape index (κ1) is 19.2. The van der Waals surface area contributed by atoms with Crippen LogP contribution in [0.2, 0.25) is 0 Å². The lowest BCUT2D eigenvalue weighted by Gasteiger charge is -2.15. The average Bonchev–Trinajstić information content (AvgIpc) is 2.94. The van der Waals surface area contributed by atoms with E-state index in [0.717, 1.165) is 29.0 Å². The van der Waals surface area contributed by atoms with E-state index in [1.165, 1.54) is 4.90 Å². The molecule has 3 rings (SSSR count). The number of halogens is 3. The minimum absolute atomic E-state index is 0.0418. The largest absolute Gasteiger partial charge is 0.433 e. The molecule has 2 heterocycles. The smallest absolute Gasteiger partial charge is 0.363 e. The molecule has 10 heteroatoms. The predicted molar refractivity (Wildman–Crippen MR) is 96.7 cm³/mol. The maximum atomic E-state index is 13.1. The third-order valence-electron chi connectivity index (χ3n) is 3.73. The first-order valence-corrected chi connectivity index (χ1v) is 8.74. The molecule has 0 saturated heterocycles. The molecule has 3 aromatic rings. The number of aromatic nitrogens is 5. The number of nitrogens with zero attached hydrogens (tertiary/aromatic N) is 6. The third-order valence-corrected chi connectivity index (χ3v) is 4.64. The van der Waals surface area contributed by atoms with Crippen LogP contribution in [0.4, 0.5) is 19.0 Å². The Hall–Kier alpha value is -2.62. The van der Waals surface area contributed by atoms with Gasteiger partial charge in [0.2, 0.25) is 0 Å². The molecule has 142 valence electrons. The van der Waals surface area contributed by atoms with Gasteiger partial charge in [0.1, 0.15) is 5.82 Å². The highest BCUT2D eigenvalue weighted by molar-refractivity contribution is 7.99. The van der Waals surface area contributed by atoms with E-state index in [4.69, 9.17) is 0 Å². The highest BCUT2D eigenvalue weighted by Crippen LogP contribution is 2.33. The van der Waals surface area contributed by atoms with Gasteiger partial charge in [-0.25, -0.2) is 9.97 Å². The lowest BCUT2D eigenvalue weighted by Crippen LogP contribution is -2.16. The standard InChI is InChI=1S/C17H17F3N6S/c1-10-6-5-7-11(8-10)14-23-24-16(26(14)4)27-15-21-12(17(18,19)20)9-13(22-15)25(2)3/h5-9H,1-4H3. The molecular weight excluding hydrogens is 377 g/mol. The number of hydrogen-bond acceptors (Lipinski definition) is 6. The molecular formula is C17H17F3N6S. The van der Waals surface area contributed by atoms with Gasteiger partial charge >= 0.3 is 6.18 Å². The van der Waals surface area contributed by atoms with Crippen molar-refractivity contribution in [3.05, 3.63) is 41.6 Å². The predicted octanol–water partition coefficient (Wildman–Crippen LogP) is 3.82. The molecule has 0 bridgehead atoms. The average molecular weight is 394 g/mol. The van der Waals surface area contributed by atoms with E-state index in [0.29, 0.717) is 11.0 Å². The molecule has 0 unspecified atom stereocenters. The molecule has 0 aliphatic carbocycles. The number of benzene rings is 1. The van der Waals surface area contributed by atoms with Crippen molar-refractivity contribution < 1.29 is 13.2 Å². The maximum absolute atomic E-state index is 13.1. The van der Waals surface area contributed by atoms with Crippen molar-refractivity contribution >= 4 is 17.6 Å². The van der Waals surface area contributed by atoms with Crippen molar-refractivity contribution in [3.8, 4) is 11.4 Å². The Bertz CT molecular complexity index is 968. The van der Waals surface area contributed by atoms with E-state index in [1.54, 1.807) is 25.7 Å². The Morgan fingerprint density at radius 2 is 1.81 bits per heavy atom. The summed E-state index contributed by atoms with van der Waals surface area (Å²) in [4.78, 5) is 9.31. The first-order valence-electron chi connectivity index (χ1n) is 7.93. The first-order chi connectivity index (χ1) is 12.6. The Kier molecular flexibility index (Phi) is 5.09. The summed E-state index contributed by atoms with van der Waals surface area (Å²) >= 11 is 0.936. The van der Waals surface area contributed by atoms with Gasteiger partial charge in [-0.05, 0) is 24.8 Å². The van der Waals surface area contributed by atoms with Gasteiger partial charge < -0.3 is 9.47 Å². The SMILES string of the molecule is Cc1cccc(-c2nnc(Sc3nc(N(C)C)cc(C(F)(F)F)n3)n2C)c1. The summed E-state index contributed by atoms with van der Waals surface area (Å²) < 4.78 is 41.1. The number of anilines is 1. The minimum Gasteiger partial charge on any atom is -0.363 e. The fourth-order valence-electron chi connectivity index (χ4n) is 2.35. The summed E-state index contributed by atoms with van der Waals surface area (Å²) in [5.74, 6) is 0.780. The van der Waals surface area contributed by atoms with E-state index in [-0.39, 0.29) is 11.0 Å². The molecule has 2 aromatic heterocycles. The lowest BCUT2D eigenvalue weighted by molar-refractivity contribution is -0.141. The summed E-state index contributed by atoms with van der Waals surface area (Å²) in [6.45, 7) is 1.97. The monoisotopic (exact) mass is 394 g/mol. The van der Waals surface area contributed by atoms with Crippen molar-refractivity contribution in [2.75, 3.05) is 19.0 Å². The highest BCUT2D eigenvalue weighted by atomic mass is 32.2. The van der Waals surface area contributed by atoms with Crippen molar-refractivity contribution in [2.24, 2.45) is 7.05 Å². The van der Waals surface area contributed by atoms with Gasteiger partial charge in [-0.2, -0.15) is 13.2 Å². The summed E-state index contributed by atoms with van der Waals surface area (Å²) in [7, 11) is 4.99. The van der Waals surface area contributed by atoms with Gasteiger partial charge in [-0.1, -0.05) is 23.8 Å². The van der Waals surface area contributed by atoms with Crippen LogP contribution >= 0.6 is 11.8 Å². The number of alkyl halides is 3. The van der Waals surface area contributed by atoms with Gasteiger partial charge in [0.05, 0.1) is 0 Å². The second-order valence-corrected chi connectivity index (χ2v) is 7.06. The summed E-state index contributed by atoms with van der Waals surface area (Å²) in [5, 5.41) is 8.60. The van der Waals surface area contributed by atoms with E-state index in [1.807, 2.05) is 31.2 Å². The molecule has 0 aliphatic heterocycles. The Balaban J connectivity index is 1.97. The highest BCUT2D eigenvalue weighted by Gasteiger charge is 2.34.